The van der Waals surface area contributed by atoms with E-state index in [0.29, 0.717) is 5.95 Å². The van der Waals surface area contributed by atoms with Crippen molar-refractivity contribution in [2.24, 2.45) is 5.73 Å². The zero-order chi connectivity index (χ0) is 12.3. The highest BCUT2D eigenvalue weighted by Gasteiger charge is 2.19. The molecule has 3 N–H and O–H groups in total. The number of hydrogen-bond donors (Lipinski definition) is 2. The quantitative estimate of drug-likeness (QED) is 0.840. The summed E-state index contributed by atoms with van der Waals surface area (Å²) in [6, 6.07) is 6.94. The lowest BCUT2D eigenvalue weighted by Gasteiger charge is -2.19. The summed E-state index contributed by atoms with van der Waals surface area (Å²) >= 11 is 0. The van der Waals surface area contributed by atoms with Gasteiger partial charge in [0.2, 0.25) is 5.95 Å². The molecule has 0 aliphatic carbocycles. The monoisotopic (exact) mass is 231 g/mol. The van der Waals surface area contributed by atoms with Gasteiger partial charge in [0.1, 0.15) is 6.33 Å². The summed E-state index contributed by atoms with van der Waals surface area (Å²) in [6.45, 7) is 2.01. The van der Waals surface area contributed by atoms with E-state index in [1.54, 1.807) is 0 Å². The Hall–Kier alpha value is -2.37. The van der Waals surface area contributed by atoms with Gasteiger partial charge < -0.3 is 5.73 Å². The van der Waals surface area contributed by atoms with Gasteiger partial charge in [-0.15, -0.1) is 0 Å². The van der Waals surface area contributed by atoms with Crippen molar-refractivity contribution in [3.05, 3.63) is 36.2 Å². The number of anilines is 2. The molecule has 88 valence electrons. The highest BCUT2D eigenvalue weighted by Crippen LogP contribution is 2.25. The van der Waals surface area contributed by atoms with Crippen LogP contribution in [0.4, 0.5) is 16.4 Å². The third-order valence-corrected chi connectivity index (χ3v) is 2.45. The second kappa shape index (κ2) is 4.65. The van der Waals surface area contributed by atoms with Gasteiger partial charge in [0.25, 0.3) is 0 Å². The van der Waals surface area contributed by atoms with E-state index in [4.69, 9.17) is 5.73 Å². The zero-order valence-electron chi connectivity index (χ0n) is 9.42. The van der Waals surface area contributed by atoms with Crippen LogP contribution in [-0.2, 0) is 6.42 Å². The molecule has 6 nitrogen and oxygen atoms in total. The van der Waals surface area contributed by atoms with Crippen LogP contribution in [0.3, 0.4) is 0 Å². The maximum absolute atomic E-state index is 11.5. The number of benzene rings is 1. The van der Waals surface area contributed by atoms with Crippen LogP contribution in [0.15, 0.2) is 30.6 Å². The smallest absolute Gasteiger partial charge is 0.326 e. The summed E-state index contributed by atoms with van der Waals surface area (Å²) in [6.07, 6.45) is 2.13. The predicted octanol–water partition coefficient (Wildman–Crippen LogP) is 1.58. The van der Waals surface area contributed by atoms with E-state index in [1.807, 2.05) is 31.2 Å². The average molecular weight is 231 g/mol. The molecule has 0 unspecified atom stereocenters. The van der Waals surface area contributed by atoms with Gasteiger partial charge in [-0.05, 0) is 18.1 Å². The van der Waals surface area contributed by atoms with Gasteiger partial charge in [-0.1, -0.05) is 25.1 Å². The molecule has 1 aromatic carbocycles. The van der Waals surface area contributed by atoms with Crippen molar-refractivity contribution < 1.29 is 4.79 Å². The number of nitrogens with one attached hydrogen (secondary N) is 1. The Morgan fingerprint density at radius 3 is 2.82 bits per heavy atom. The van der Waals surface area contributed by atoms with Crippen molar-refractivity contribution in [2.45, 2.75) is 13.3 Å². The van der Waals surface area contributed by atoms with Crippen LogP contribution in [0.25, 0.3) is 0 Å². The molecular formula is C11H13N5O. The molecule has 2 rings (SSSR count). The summed E-state index contributed by atoms with van der Waals surface area (Å²) in [5.41, 5.74) is 7.12. The van der Waals surface area contributed by atoms with Crippen LogP contribution < -0.4 is 10.6 Å². The SMILES string of the molecule is CCc1ccccc1N(C(N)=O)c1ncn[nH]1. The minimum atomic E-state index is -0.595. The number of nitrogens with two attached hydrogens (primary N) is 1. The number of aromatic nitrogens is 3. The van der Waals surface area contributed by atoms with Crippen molar-refractivity contribution in [3.63, 3.8) is 0 Å². The Kier molecular flexibility index (Phi) is 3.04. The third kappa shape index (κ3) is 2.10. The molecule has 0 saturated carbocycles. The molecule has 0 spiro atoms. The van der Waals surface area contributed by atoms with Gasteiger partial charge in [-0.25, -0.2) is 14.8 Å². The molecule has 0 aliphatic heterocycles. The number of aromatic amines is 1. The maximum Gasteiger partial charge on any atom is 0.326 e. The maximum atomic E-state index is 11.5. The van der Waals surface area contributed by atoms with Crippen LogP contribution in [0.1, 0.15) is 12.5 Å². The molecule has 0 fully saturated rings. The number of para-hydroxylation sites is 1. The highest BCUT2D eigenvalue weighted by molar-refractivity contribution is 5.97. The first kappa shape index (κ1) is 11.1. The number of hydrogen-bond acceptors (Lipinski definition) is 3. The fourth-order valence-corrected chi connectivity index (χ4v) is 1.67. The third-order valence-electron chi connectivity index (χ3n) is 2.45. The molecule has 0 radical (unpaired) electrons. The number of rotatable bonds is 3. The molecule has 2 amide bonds. The van der Waals surface area contributed by atoms with E-state index in [9.17, 15) is 4.79 Å². The molecule has 2 aromatic rings. The number of nitrogens with zero attached hydrogens (tertiary/aromatic N) is 3. The first-order chi connectivity index (χ1) is 8.24. The van der Waals surface area contributed by atoms with Crippen LogP contribution in [-0.4, -0.2) is 21.2 Å². The Bertz CT molecular complexity index is 508. The van der Waals surface area contributed by atoms with Gasteiger partial charge in [0.05, 0.1) is 5.69 Å². The summed E-state index contributed by atoms with van der Waals surface area (Å²) in [5.74, 6) is 0.318. The standard InChI is InChI=1S/C11H13N5O/c1-2-8-5-3-4-6-9(8)16(10(12)17)11-13-7-14-15-11/h3-7H,2H2,1H3,(H2,12,17)(H,13,14,15). The number of carbonyl (C=O) groups is 1. The lowest BCUT2D eigenvalue weighted by Crippen LogP contribution is -2.33. The molecule has 1 aromatic heterocycles. The van der Waals surface area contributed by atoms with Crippen LogP contribution in [0, 0.1) is 0 Å². The summed E-state index contributed by atoms with van der Waals surface area (Å²) in [4.78, 5) is 16.8. The van der Waals surface area contributed by atoms with Gasteiger partial charge in [-0.3, -0.25) is 0 Å². The number of primary amides is 1. The van der Waals surface area contributed by atoms with Gasteiger partial charge in [0, 0.05) is 0 Å². The Morgan fingerprint density at radius 1 is 1.47 bits per heavy atom. The summed E-state index contributed by atoms with van der Waals surface area (Å²) < 4.78 is 0. The lowest BCUT2D eigenvalue weighted by molar-refractivity contribution is 0.256. The first-order valence-electron chi connectivity index (χ1n) is 5.27. The van der Waals surface area contributed by atoms with E-state index in [1.165, 1.54) is 11.2 Å². The predicted molar refractivity (Wildman–Crippen MR) is 63.9 cm³/mol. The minimum absolute atomic E-state index is 0.318. The van der Waals surface area contributed by atoms with E-state index in [2.05, 4.69) is 15.2 Å². The minimum Gasteiger partial charge on any atom is -0.351 e. The van der Waals surface area contributed by atoms with E-state index >= 15 is 0 Å². The number of aryl methyl sites for hydroxylation is 1. The van der Waals surface area contributed by atoms with Crippen molar-refractivity contribution in [3.8, 4) is 0 Å². The van der Waals surface area contributed by atoms with E-state index in [0.717, 1.165) is 17.7 Å². The molecular weight excluding hydrogens is 218 g/mol. The molecule has 17 heavy (non-hydrogen) atoms. The van der Waals surface area contributed by atoms with Crippen molar-refractivity contribution >= 4 is 17.7 Å². The largest absolute Gasteiger partial charge is 0.351 e. The average Bonchev–Trinajstić information content (AvgIpc) is 2.83. The normalized spacial score (nSPS) is 10.2. The number of H-pyrrole nitrogens is 1. The number of urea groups is 1. The zero-order valence-corrected chi connectivity index (χ0v) is 9.42. The van der Waals surface area contributed by atoms with Crippen molar-refractivity contribution in [1.82, 2.24) is 15.2 Å². The second-order valence-electron chi connectivity index (χ2n) is 3.46. The number of carbonyl (C=O) groups excluding carboxylic acids is 1. The lowest BCUT2D eigenvalue weighted by atomic mass is 10.1. The summed E-state index contributed by atoms with van der Waals surface area (Å²) in [7, 11) is 0. The fourth-order valence-electron chi connectivity index (χ4n) is 1.67. The molecule has 1 heterocycles. The molecule has 0 saturated heterocycles. The van der Waals surface area contributed by atoms with Crippen molar-refractivity contribution in [2.75, 3.05) is 4.90 Å². The van der Waals surface area contributed by atoms with Gasteiger partial charge in [0.15, 0.2) is 0 Å². The summed E-state index contributed by atoms with van der Waals surface area (Å²) in [5, 5.41) is 6.35. The van der Waals surface area contributed by atoms with Crippen LogP contribution in [0.5, 0.6) is 0 Å². The Morgan fingerprint density at radius 2 is 2.24 bits per heavy atom. The van der Waals surface area contributed by atoms with Gasteiger partial charge >= 0.3 is 6.03 Å². The molecule has 6 heteroatoms. The second-order valence-corrected chi connectivity index (χ2v) is 3.46. The number of amides is 2. The van der Waals surface area contributed by atoms with E-state index in [-0.39, 0.29) is 0 Å². The van der Waals surface area contributed by atoms with E-state index < -0.39 is 6.03 Å². The first-order valence-corrected chi connectivity index (χ1v) is 5.27. The van der Waals surface area contributed by atoms with Crippen LogP contribution >= 0.6 is 0 Å². The fraction of sp³-hybridized carbons (Fsp3) is 0.182. The molecule has 0 atom stereocenters. The highest BCUT2D eigenvalue weighted by atomic mass is 16.2. The molecule has 0 aliphatic rings. The van der Waals surface area contributed by atoms with Crippen molar-refractivity contribution in [1.29, 1.82) is 0 Å². The Balaban J connectivity index is 2.50. The van der Waals surface area contributed by atoms with Gasteiger partial charge in [-0.2, -0.15) is 10.1 Å². The van der Waals surface area contributed by atoms with Crippen LogP contribution in [0.2, 0.25) is 0 Å². The molecule has 0 bridgehead atoms. The topological polar surface area (TPSA) is 87.9 Å². The Labute approximate surface area is 98.5 Å².